The number of H-pyrrole nitrogens is 1. The van der Waals surface area contributed by atoms with Gasteiger partial charge in [-0.2, -0.15) is 8.42 Å². The number of nitrogens with zero attached hydrogens (tertiary/aromatic N) is 1. The van der Waals surface area contributed by atoms with Crippen LogP contribution in [-0.4, -0.2) is 22.5 Å². The first-order valence-electron chi connectivity index (χ1n) is 9.17. The summed E-state index contributed by atoms with van der Waals surface area (Å²) in [6.45, 7) is 1.88. The van der Waals surface area contributed by atoms with E-state index < -0.39 is 20.4 Å². The summed E-state index contributed by atoms with van der Waals surface area (Å²) in [6, 6.07) is 13.4. The van der Waals surface area contributed by atoms with E-state index in [0.29, 0.717) is 21.8 Å². The van der Waals surface area contributed by atoms with Gasteiger partial charge in [0, 0.05) is 28.7 Å². The lowest BCUT2D eigenvalue weighted by Crippen LogP contribution is -2.16. The van der Waals surface area contributed by atoms with Gasteiger partial charge in [-0.05, 0) is 42.8 Å². The molecule has 0 unspecified atom stereocenters. The molecule has 0 saturated heterocycles. The zero-order valence-electron chi connectivity index (χ0n) is 16.1. The second-order valence-electron chi connectivity index (χ2n) is 7.41. The number of aromatic nitrogens is 2. The first-order chi connectivity index (χ1) is 14.2. The van der Waals surface area contributed by atoms with Gasteiger partial charge in [0.05, 0.1) is 21.9 Å². The van der Waals surface area contributed by atoms with Crippen LogP contribution in [0, 0.1) is 6.92 Å². The molecular weight excluding hydrogens is 404 g/mol. The van der Waals surface area contributed by atoms with Crippen molar-refractivity contribution in [1.82, 2.24) is 9.55 Å². The van der Waals surface area contributed by atoms with E-state index in [-0.39, 0.29) is 27.2 Å². The monoisotopic (exact) mass is 420 g/mol. The van der Waals surface area contributed by atoms with Crippen LogP contribution < -0.4 is 10.9 Å². The van der Waals surface area contributed by atoms with Gasteiger partial charge in [-0.15, -0.1) is 0 Å². The van der Waals surface area contributed by atoms with E-state index in [0.717, 1.165) is 5.56 Å². The molecule has 8 heteroatoms. The number of para-hydroxylation sites is 1. The number of nitrogens with one attached hydrogen (secondary N) is 1. The van der Waals surface area contributed by atoms with Crippen LogP contribution in [0.3, 0.4) is 0 Å². The number of hydrogen-bond donors (Lipinski definition) is 2. The summed E-state index contributed by atoms with van der Waals surface area (Å²) in [5, 5.41) is 0.626. The zero-order chi connectivity index (χ0) is 21.4. The summed E-state index contributed by atoms with van der Waals surface area (Å²) < 4.78 is 36.6. The van der Waals surface area contributed by atoms with E-state index >= 15 is 0 Å². The molecule has 0 fully saturated rings. The molecule has 30 heavy (non-hydrogen) atoms. The quantitative estimate of drug-likeness (QED) is 0.320. The van der Waals surface area contributed by atoms with Crippen molar-refractivity contribution in [2.24, 2.45) is 7.05 Å². The second kappa shape index (κ2) is 6.01. The van der Waals surface area contributed by atoms with Crippen LogP contribution in [0.4, 0.5) is 0 Å². The molecule has 2 heterocycles. The summed E-state index contributed by atoms with van der Waals surface area (Å²) in [6.07, 6.45) is 0. The predicted octanol–water partition coefficient (Wildman–Crippen LogP) is 3.24. The number of rotatable bonds is 1. The normalized spacial score (nSPS) is 12.4. The smallest absolute Gasteiger partial charge is 0.297 e. The third-order valence-electron chi connectivity index (χ3n) is 5.54. The average Bonchev–Trinajstić information content (AvgIpc) is 2.70. The lowest BCUT2D eigenvalue weighted by Gasteiger charge is -2.15. The predicted molar refractivity (Wildman–Crippen MR) is 117 cm³/mol. The Labute approximate surface area is 169 Å². The molecule has 0 amide bonds. The summed E-state index contributed by atoms with van der Waals surface area (Å²) in [4.78, 5) is 28.8. The number of aromatic amines is 1. The van der Waals surface area contributed by atoms with Crippen LogP contribution in [0.2, 0.25) is 0 Å². The van der Waals surface area contributed by atoms with Gasteiger partial charge in [0.25, 0.3) is 10.1 Å². The summed E-state index contributed by atoms with van der Waals surface area (Å²) in [7, 11) is -3.15. The van der Waals surface area contributed by atoms with E-state index in [9.17, 15) is 22.6 Å². The Kier molecular flexibility index (Phi) is 3.71. The van der Waals surface area contributed by atoms with Gasteiger partial charge in [-0.25, -0.2) is 0 Å². The van der Waals surface area contributed by atoms with Crippen molar-refractivity contribution < 1.29 is 13.0 Å². The van der Waals surface area contributed by atoms with Gasteiger partial charge in [0.1, 0.15) is 4.90 Å². The fourth-order valence-corrected chi connectivity index (χ4v) is 5.01. The standard InChI is InChI=1S/C22H16N2O5S/c1-11-7-8-13-16(9-11)24(2)17-10-14-19(22(30(27,28)29)18(17)21(13)26)23-15-6-4-3-5-12(15)20(14)25/h3-10H,1-2H3,(H,23,25)(H,27,28,29). The maximum absolute atomic E-state index is 13.3. The molecule has 2 N–H and O–H groups in total. The van der Waals surface area contributed by atoms with Gasteiger partial charge in [0.2, 0.25) is 0 Å². The Hall–Kier alpha value is -3.49. The van der Waals surface area contributed by atoms with E-state index in [4.69, 9.17) is 0 Å². The molecule has 0 atom stereocenters. The minimum atomic E-state index is -4.84. The molecule has 0 aliphatic carbocycles. The van der Waals surface area contributed by atoms with Crippen molar-refractivity contribution >= 4 is 53.7 Å². The molecule has 0 bridgehead atoms. The van der Waals surface area contributed by atoms with Crippen LogP contribution in [0.25, 0.3) is 43.6 Å². The van der Waals surface area contributed by atoms with Crippen molar-refractivity contribution in [3.8, 4) is 0 Å². The first kappa shape index (κ1) is 18.5. The van der Waals surface area contributed by atoms with E-state index in [1.165, 1.54) is 6.07 Å². The van der Waals surface area contributed by atoms with Crippen LogP contribution >= 0.6 is 0 Å². The lowest BCUT2D eigenvalue weighted by molar-refractivity contribution is 0.485. The lowest BCUT2D eigenvalue weighted by atomic mass is 10.0. The maximum atomic E-state index is 13.3. The molecule has 0 radical (unpaired) electrons. The highest BCUT2D eigenvalue weighted by atomic mass is 32.2. The summed E-state index contributed by atoms with van der Waals surface area (Å²) in [5.74, 6) is 0. The van der Waals surface area contributed by atoms with E-state index in [1.807, 2.05) is 13.0 Å². The minimum absolute atomic E-state index is 0.0795. The molecule has 5 rings (SSSR count). The number of hydrogen-bond acceptors (Lipinski definition) is 4. The third-order valence-corrected chi connectivity index (χ3v) is 6.47. The molecule has 0 saturated carbocycles. The van der Waals surface area contributed by atoms with Gasteiger partial charge < -0.3 is 9.55 Å². The third kappa shape index (κ3) is 2.44. The number of pyridine rings is 2. The zero-order valence-corrected chi connectivity index (χ0v) is 16.9. The Bertz CT molecular complexity index is 1780. The highest BCUT2D eigenvalue weighted by Crippen LogP contribution is 2.31. The van der Waals surface area contributed by atoms with Crippen molar-refractivity contribution in [1.29, 1.82) is 0 Å². The highest BCUT2D eigenvalue weighted by molar-refractivity contribution is 7.86. The number of benzene rings is 3. The SMILES string of the molecule is Cc1ccc2c(=O)c3c(S(=O)(=O)O)c4[nH]c5ccccc5c(=O)c4cc3n(C)c2c1. The number of aryl methyl sites for hydroxylation is 2. The summed E-state index contributed by atoms with van der Waals surface area (Å²) in [5.41, 5.74) is 1.19. The Balaban J connectivity index is 2.21. The van der Waals surface area contributed by atoms with Crippen molar-refractivity contribution in [2.45, 2.75) is 11.8 Å². The van der Waals surface area contributed by atoms with Crippen LogP contribution in [0.15, 0.2) is 63.0 Å². The van der Waals surface area contributed by atoms with Gasteiger partial charge in [0.15, 0.2) is 10.9 Å². The van der Waals surface area contributed by atoms with E-state index in [1.54, 1.807) is 48.0 Å². The van der Waals surface area contributed by atoms with Crippen LogP contribution in [0.1, 0.15) is 5.56 Å². The highest BCUT2D eigenvalue weighted by Gasteiger charge is 2.25. The van der Waals surface area contributed by atoms with Gasteiger partial charge >= 0.3 is 0 Å². The van der Waals surface area contributed by atoms with Crippen molar-refractivity contribution in [2.75, 3.05) is 0 Å². The van der Waals surface area contributed by atoms with Crippen LogP contribution in [0.5, 0.6) is 0 Å². The molecule has 2 aromatic heterocycles. The molecule has 0 aliphatic rings. The summed E-state index contributed by atoms with van der Waals surface area (Å²) >= 11 is 0. The van der Waals surface area contributed by atoms with Crippen LogP contribution in [-0.2, 0) is 17.2 Å². The Morgan fingerprint density at radius 3 is 2.37 bits per heavy atom. The van der Waals surface area contributed by atoms with E-state index in [2.05, 4.69) is 4.98 Å². The fourth-order valence-electron chi connectivity index (χ4n) is 4.14. The second-order valence-corrected chi connectivity index (χ2v) is 8.76. The Morgan fingerprint density at radius 2 is 1.63 bits per heavy atom. The first-order valence-corrected chi connectivity index (χ1v) is 10.6. The molecule has 150 valence electrons. The van der Waals surface area contributed by atoms with Crippen molar-refractivity contribution in [3.63, 3.8) is 0 Å². The molecule has 0 spiro atoms. The van der Waals surface area contributed by atoms with Crippen molar-refractivity contribution in [3.05, 3.63) is 74.5 Å². The Morgan fingerprint density at radius 1 is 0.900 bits per heavy atom. The molecule has 3 aromatic carbocycles. The topological polar surface area (TPSA) is 109 Å². The maximum Gasteiger partial charge on any atom is 0.297 e. The molecule has 5 aromatic rings. The van der Waals surface area contributed by atoms with Gasteiger partial charge in [-0.1, -0.05) is 18.2 Å². The minimum Gasteiger partial charge on any atom is -0.353 e. The largest absolute Gasteiger partial charge is 0.353 e. The fraction of sp³-hybridized carbons (Fsp3) is 0.0909. The average molecular weight is 420 g/mol. The molecule has 0 aliphatic heterocycles. The van der Waals surface area contributed by atoms with Gasteiger partial charge in [-0.3, -0.25) is 14.1 Å². The number of fused-ring (bicyclic) bond motifs is 4. The molecular formula is C22H16N2O5S. The molecule has 7 nitrogen and oxygen atoms in total.